The highest BCUT2D eigenvalue weighted by Crippen LogP contribution is 2.36. The number of hydrogen-bond acceptors (Lipinski definition) is 8. The Morgan fingerprint density at radius 1 is 1.21 bits per heavy atom. The Hall–Kier alpha value is -3.81. The number of halogens is 4. The van der Waals surface area contributed by atoms with Crippen molar-refractivity contribution in [1.29, 1.82) is 0 Å². The number of benzene rings is 2. The fourth-order valence-corrected chi connectivity index (χ4v) is 4.75. The van der Waals surface area contributed by atoms with Gasteiger partial charge in [0.15, 0.2) is 11.5 Å². The molecule has 3 aromatic rings. The minimum absolute atomic E-state index is 0.0265. The molecule has 1 amide bonds. The lowest BCUT2D eigenvalue weighted by Gasteiger charge is -2.24. The lowest BCUT2D eigenvalue weighted by atomic mass is 10.2. The molecule has 1 aromatic heterocycles. The van der Waals surface area contributed by atoms with Gasteiger partial charge in [-0.25, -0.2) is 0 Å². The fraction of sp³-hybridized carbons (Fsp3) is 0.393. The zero-order valence-corrected chi connectivity index (χ0v) is 23.6. The smallest absolute Gasteiger partial charge is 0.425 e. The van der Waals surface area contributed by atoms with Gasteiger partial charge >= 0.3 is 12.4 Å². The summed E-state index contributed by atoms with van der Waals surface area (Å²) in [6.07, 6.45) is -3.78. The van der Waals surface area contributed by atoms with E-state index in [1.165, 1.54) is 28.7 Å². The van der Waals surface area contributed by atoms with E-state index < -0.39 is 24.1 Å². The molecular weight excluding hydrogens is 581 g/mol. The van der Waals surface area contributed by atoms with Crippen molar-refractivity contribution in [1.82, 2.24) is 14.5 Å². The second kappa shape index (κ2) is 13.4. The lowest BCUT2D eigenvalue weighted by Crippen LogP contribution is -2.36. The normalized spacial score (nSPS) is 16.9. The average molecular weight is 611 g/mol. The SMILES string of the molecule is COC1CC(C=O)N(c2nc(Oc3cccc(OC(F)(F)F)c3)n(Cc3ccc(Cl)cc3)c2C(=O)N(C)CCCO)C1. The third kappa shape index (κ3) is 7.52. The summed E-state index contributed by atoms with van der Waals surface area (Å²) in [6.45, 7) is 0.424. The number of methoxy groups -OCH3 is 1. The van der Waals surface area contributed by atoms with Gasteiger partial charge in [-0.05, 0) is 36.2 Å². The molecule has 1 fully saturated rings. The van der Waals surface area contributed by atoms with Crippen LogP contribution in [-0.4, -0.2) is 84.1 Å². The second-order valence-corrected chi connectivity index (χ2v) is 10.1. The predicted octanol–water partition coefficient (Wildman–Crippen LogP) is 4.52. The molecule has 0 spiro atoms. The minimum Gasteiger partial charge on any atom is -0.425 e. The van der Waals surface area contributed by atoms with Gasteiger partial charge in [0, 0.05) is 51.4 Å². The first-order valence-corrected chi connectivity index (χ1v) is 13.4. The van der Waals surface area contributed by atoms with Crippen molar-refractivity contribution < 1.29 is 42.1 Å². The van der Waals surface area contributed by atoms with Crippen LogP contribution in [0.15, 0.2) is 48.5 Å². The predicted molar refractivity (Wildman–Crippen MR) is 147 cm³/mol. The van der Waals surface area contributed by atoms with Crippen LogP contribution in [0.3, 0.4) is 0 Å². The summed E-state index contributed by atoms with van der Waals surface area (Å²) in [6, 6.07) is 11.0. The molecule has 10 nitrogen and oxygen atoms in total. The summed E-state index contributed by atoms with van der Waals surface area (Å²) < 4.78 is 55.6. The first kappa shape index (κ1) is 31.1. The van der Waals surface area contributed by atoms with Gasteiger partial charge in [-0.2, -0.15) is 4.98 Å². The number of aliphatic hydroxyl groups excluding tert-OH is 1. The van der Waals surface area contributed by atoms with E-state index in [2.05, 4.69) is 9.72 Å². The molecule has 0 saturated carbocycles. The number of ether oxygens (including phenoxy) is 3. The highest BCUT2D eigenvalue weighted by atomic mass is 35.5. The van der Waals surface area contributed by atoms with Crippen molar-refractivity contribution in [2.75, 3.05) is 38.8 Å². The number of carbonyl (C=O) groups is 2. The largest absolute Gasteiger partial charge is 0.573 e. The molecule has 42 heavy (non-hydrogen) atoms. The van der Waals surface area contributed by atoms with Crippen molar-refractivity contribution in [2.45, 2.75) is 37.9 Å². The van der Waals surface area contributed by atoms with E-state index in [4.69, 9.17) is 21.1 Å². The van der Waals surface area contributed by atoms with E-state index in [9.17, 15) is 27.9 Å². The van der Waals surface area contributed by atoms with Crippen LogP contribution in [-0.2, 0) is 16.1 Å². The van der Waals surface area contributed by atoms with E-state index in [0.29, 0.717) is 17.9 Å². The van der Waals surface area contributed by atoms with Crippen LogP contribution in [0.5, 0.6) is 17.5 Å². The topological polar surface area (TPSA) is 106 Å². The Labute approximate surface area is 245 Å². The molecule has 1 saturated heterocycles. The third-order valence-electron chi connectivity index (χ3n) is 6.68. The zero-order chi connectivity index (χ0) is 30.4. The number of hydrogen-bond donors (Lipinski definition) is 1. The monoisotopic (exact) mass is 610 g/mol. The van der Waals surface area contributed by atoms with Crippen molar-refractivity contribution in [2.24, 2.45) is 0 Å². The molecule has 1 N–H and O–H groups in total. The first-order chi connectivity index (χ1) is 20.0. The van der Waals surface area contributed by atoms with E-state index >= 15 is 0 Å². The first-order valence-electron chi connectivity index (χ1n) is 13.0. The van der Waals surface area contributed by atoms with Crippen LogP contribution >= 0.6 is 11.6 Å². The maximum absolute atomic E-state index is 13.9. The lowest BCUT2D eigenvalue weighted by molar-refractivity contribution is -0.274. The Morgan fingerprint density at radius 3 is 2.57 bits per heavy atom. The van der Waals surface area contributed by atoms with Crippen LogP contribution < -0.4 is 14.4 Å². The molecule has 1 aliphatic heterocycles. The number of carbonyl (C=O) groups excluding carboxylic acids is 2. The van der Waals surface area contributed by atoms with Crippen LogP contribution in [0, 0.1) is 0 Å². The molecule has 1 aliphatic rings. The Kier molecular flexibility index (Phi) is 9.97. The average Bonchev–Trinajstić information content (AvgIpc) is 3.52. The molecule has 2 aromatic carbocycles. The minimum atomic E-state index is -4.91. The van der Waals surface area contributed by atoms with Crippen molar-refractivity contribution >= 4 is 29.6 Å². The molecule has 2 unspecified atom stereocenters. The van der Waals surface area contributed by atoms with Gasteiger partial charge in [-0.15, -0.1) is 13.2 Å². The number of aromatic nitrogens is 2. The maximum atomic E-state index is 13.9. The van der Waals surface area contributed by atoms with Gasteiger partial charge in [-0.3, -0.25) is 9.36 Å². The molecule has 4 rings (SSSR count). The van der Waals surface area contributed by atoms with Gasteiger partial charge in [0.2, 0.25) is 0 Å². The van der Waals surface area contributed by atoms with Gasteiger partial charge < -0.3 is 33.9 Å². The number of imidazole rings is 1. The highest BCUT2D eigenvalue weighted by molar-refractivity contribution is 6.30. The van der Waals surface area contributed by atoms with E-state index in [1.54, 1.807) is 36.2 Å². The highest BCUT2D eigenvalue weighted by Gasteiger charge is 2.39. The Morgan fingerprint density at radius 2 is 1.93 bits per heavy atom. The standard InChI is InChI=1S/C28H30ClF3N4O6/c1-34(11-4-12-37)26(39)24-25(35-16-23(40-2)13-20(35)17-38)33-27(36(24)15-18-7-9-19(29)10-8-18)41-21-5-3-6-22(14-21)42-28(30,31)32/h3,5-10,14,17,20,23,37H,4,11-13,15-16H2,1-2H3. The van der Waals surface area contributed by atoms with E-state index in [1.807, 2.05) is 0 Å². The summed E-state index contributed by atoms with van der Waals surface area (Å²) in [5.74, 6) is -0.838. The van der Waals surface area contributed by atoms with E-state index in [0.717, 1.165) is 24.0 Å². The summed E-state index contributed by atoms with van der Waals surface area (Å²) in [7, 11) is 3.09. The van der Waals surface area contributed by atoms with Crippen LogP contribution in [0.2, 0.25) is 5.02 Å². The molecule has 2 atom stereocenters. The van der Waals surface area contributed by atoms with Crippen molar-refractivity contribution in [3.05, 3.63) is 64.8 Å². The summed E-state index contributed by atoms with van der Waals surface area (Å²) in [5.41, 5.74) is 0.809. The Bertz CT molecular complexity index is 1380. The molecule has 0 radical (unpaired) electrons. The van der Waals surface area contributed by atoms with Crippen molar-refractivity contribution in [3.8, 4) is 17.5 Å². The van der Waals surface area contributed by atoms with E-state index in [-0.39, 0.29) is 55.6 Å². The Balaban J connectivity index is 1.86. The number of anilines is 1. The molecule has 226 valence electrons. The number of aldehydes is 1. The molecule has 0 bridgehead atoms. The maximum Gasteiger partial charge on any atom is 0.573 e. The third-order valence-corrected chi connectivity index (χ3v) is 6.94. The summed E-state index contributed by atoms with van der Waals surface area (Å²) in [4.78, 5) is 33.7. The molecular formula is C28H30ClF3N4O6. The van der Waals surface area contributed by atoms with Gasteiger partial charge in [-0.1, -0.05) is 29.8 Å². The van der Waals surface area contributed by atoms with Crippen LogP contribution in [0.4, 0.5) is 19.0 Å². The summed E-state index contributed by atoms with van der Waals surface area (Å²) >= 11 is 6.07. The fourth-order valence-electron chi connectivity index (χ4n) is 4.63. The number of alkyl halides is 3. The quantitative estimate of drug-likeness (QED) is 0.298. The number of nitrogens with zero attached hydrogens (tertiary/aromatic N) is 4. The number of rotatable bonds is 12. The van der Waals surface area contributed by atoms with Gasteiger partial charge in [0.25, 0.3) is 5.91 Å². The van der Waals surface area contributed by atoms with Gasteiger partial charge in [0.05, 0.1) is 18.7 Å². The van der Waals surface area contributed by atoms with Crippen LogP contribution in [0.25, 0.3) is 0 Å². The zero-order valence-electron chi connectivity index (χ0n) is 22.9. The molecule has 14 heteroatoms. The molecule has 0 aliphatic carbocycles. The number of amides is 1. The molecule has 2 heterocycles. The van der Waals surface area contributed by atoms with Crippen LogP contribution in [0.1, 0.15) is 28.9 Å². The second-order valence-electron chi connectivity index (χ2n) is 9.66. The van der Waals surface area contributed by atoms with Crippen molar-refractivity contribution in [3.63, 3.8) is 0 Å². The number of aliphatic hydroxyl groups is 1. The summed E-state index contributed by atoms with van der Waals surface area (Å²) in [5, 5.41) is 9.82. The van der Waals surface area contributed by atoms with Gasteiger partial charge in [0.1, 0.15) is 17.8 Å².